The van der Waals surface area contributed by atoms with Crippen LogP contribution >= 0.6 is 11.3 Å². The van der Waals surface area contributed by atoms with Crippen LogP contribution in [-0.4, -0.2) is 25.3 Å². The zero-order valence-corrected chi connectivity index (χ0v) is 12.9. The Balaban J connectivity index is 2.60. The van der Waals surface area contributed by atoms with Gasteiger partial charge in [-0.1, -0.05) is 0 Å². The van der Waals surface area contributed by atoms with E-state index in [4.69, 9.17) is 14.6 Å². The number of carbonyl (C=O) groups is 1. The number of ether oxygens (including phenoxy) is 2. The van der Waals surface area contributed by atoms with Gasteiger partial charge in [-0.05, 0) is 6.07 Å². The molecular formula is C14H12F4O4S. The van der Waals surface area contributed by atoms with Crippen molar-refractivity contribution in [1.82, 2.24) is 0 Å². The molecule has 4 nitrogen and oxygen atoms in total. The van der Waals surface area contributed by atoms with E-state index in [1.165, 1.54) is 0 Å². The van der Waals surface area contributed by atoms with Gasteiger partial charge >= 0.3 is 5.97 Å². The number of thiophene rings is 1. The average Bonchev–Trinajstić information content (AvgIpc) is 2.95. The molecule has 0 aliphatic rings. The molecule has 1 aromatic carbocycles. The van der Waals surface area contributed by atoms with Crippen molar-refractivity contribution in [3.05, 3.63) is 22.6 Å². The molecule has 0 aliphatic carbocycles. The molecule has 0 spiro atoms. The molecule has 2 rings (SSSR count). The Morgan fingerprint density at radius 3 is 2.30 bits per heavy atom. The monoisotopic (exact) mass is 352 g/mol. The lowest BCUT2D eigenvalue weighted by molar-refractivity contribution is -0.139. The molecule has 0 amide bonds. The fourth-order valence-electron chi connectivity index (χ4n) is 2.07. The van der Waals surface area contributed by atoms with E-state index in [1.807, 2.05) is 0 Å². The molecule has 0 radical (unpaired) electrons. The second kappa shape index (κ2) is 6.23. The first kappa shape index (κ1) is 17.3. The lowest BCUT2D eigenvalue weighted by Crippen LogP contribution is -2.13. The molecule has 23 heavy (non-hydrogen) atoms. The highest BCUT2D eigenvalue weighted by atomic mass is 32.1. The van der Waals surface area contributed by atoms with Crippen LogP contribution in [0.4, 0.5) is 17.6 Å². The van der Waals surface area contributed by atoms with Crippen LogP contribution in [0.5, 0.6) is 11.5 Å². The van der Waals surface area contributed by atoms with Crippen LogP contribution in [-0.2, 0) is 10.7 Å². The summed E-state index contributed by atoms with van der Waals surface area (Å²) in [4.78, 5) is 9.82. The minimum absolute atomic E-state index is 0.342. The number of halogens is 4. The molecule has 0 aliphatic heterocycles. The summed E-state index contributed by atoms with van der Waals surface area (Å²) in [5.74, 6) is -7.95. The molecule has 0 fully saturated rings. The molecule has 1 heterocycles. The van der Waals surface area contributed by atoms with Crippen LogP contribution in [0.2, 0.25) is 0 Å². The Labute approximate surface area is 132 Å². The summed E-state index contributed by atoms with van der Waals surface area (Å²) in [7, 11) is 2.20. The first-order valence-corrected chi connectivity index (χ1v) is 7.17. The maximum Gasteiger partial charge on any atom is 0.303 e. The molecule has 0 bridgehead atoms. The molecule has 9 heteroatoms. The van der Waals surface area contributed by atoms with Gasteiger partial charge in [0, 0.05) is 11.8 Å². The van der Waals surface area contributed by atoms with Gasteiger partial charge in [0.05, 0.1) is 30.2 Å². The standard InChI is InChI=1S/C14H12F4O4S/c1-21-11-9(15)6-5-7(14(17,18)4-3-8(19)20)23-13(6)10(16)12(11)22-2/h5H,3-4H2,1-2H3,(H,19,20). The normalized spacial score (nSPS) is 11.7. The minimum Gasteiger partial charge on any atom is -0.490 e. The zero-order valence-electron chi connectivity index (χ0n) is 12.1. The molecule has 0 saturated carbocycles. The fraction of sp³-hybridized carbons (Fsp3) is 0.357. The van der Waals surface area contributed by atoms with Gasteiger partial charge < -0.3 is 14.6 Å². The summed E-state index contributed by atoms with van der Waals surface area (Å²) in [5, 5.41) is 8.14. The number of hydrogen-bond donors (Lipinski definition) is 1. The number of benzene rings is 1. The van der Waals surface area contributed by atoms with Crippen LogP contribution in [0.3, 0.4) is 0 Å². The minimum atomic E-state index is -3.51. The number of carboxylic acids is 1. The number of fused-ring (bicyclic) bond motifs is 1. The molecule has 0 unspecified atom stereocenters. The smallest absolute Gasteiger partial charge is 0.303 e. The van der Waals surface area contributed by atoms with Crippen LogP contribution in [0.15, 0.2) is 6.07 Å². The van der Waals surface area contributed by atoms with E-state index < -0.39 is 52.7 Å². The van der Waals surface area contributed by atoms with Gasteiger partial charge in [0.25, 0.3) is 5.92 Å². The Hall–Kier alpha value is -2.03. The van der Waals surface area contributed by atoms with Crippen LogP contribution < -0.4 is 9.47 Å². The van der Waals surface area contributed by atoms with Gasteiger partial charge in [0.15, 0.2) is 11.6 Å². The predicted octanol–water partition coefficient (Wildman–Crippen LogP) is 4.15. The summed E-state index contributed by atoms with van der Waals surface area (Å²) in [6.45, 7) is 0. The number of alkyl halides is 2. The van der Waals surface area contributed by atoms with Crippen molar-refractivity contribution in [1.29, 1.82) is 0 Å². The van der Waals surface area contributed by atoms with E-state index in [0.29, 0.717) is 11.3 Å². The second-order valence-electron chi connectivity index (χ2n) is 4.65. The van der Waals surface area contributed by atoms with Gasteiger partial charge in [-0.2, -0.15) is 0 Å². The van der Waals surface area contributed by atoms with Crippen molar-refractivity contribution in [2.45, 2.75) is 18.8 Å². The molecule has 1 N–H and O–H groups in total. The van der Waals surface area contributed by atoms with Gasteiger partial charge in [-0.15, -0.1) is 11.3 Å². The number of aliphatic carboxylic acids is 1. The first-order valence-electron chi connectivity index (χ1n) is 6.35. The third kappa shape index (κ3) is 3.05. The van der Waals surface area contributed by atoms with Crippen LogP contribution in [0.1, 0.15) is 17.7 Å². The fourth-order valence-corrected chi connectivity index (χ4v) is 3.16. The number of carboxylic acid groups (broad SMARTS) is 1. The molecule has 0 atom stereocenters. The number of rotatable bonds is 6. The van der Waals surface area contributed by atoms with Crippen molar-refractivity contribution in [3.63, 3.8) is 0 Å². The quantitative estimate of drug-likeness (QED) is 0.794. The highest BCUT2D eigenvalue weighted by Gasteiger charge is 2.36. The van der Waals surface area contributed by atoms with Gasteiger partial charge in [0.1, 0.15) is 0 Å². The van der Waals surface area contributed by atoms with E-state index in [9.17, 15) is 22.4 Å². The summed E-state index contributed by atoms with van der Waals surface area (Å²) in [6, 6.07) is 0.808. The number of methoxy groups -OCH3 is 2. The first-order chi connectivity index (χ1) is 10.7. The molecule has 0 saturated heterocycles. The van der Waals surface area contributed by atoms with Crippen molar-refractivity contribution >= 4 is 27.4 Å². The lowest BCUT2D eigenvalue weighted by atomic mass is 10.1. The zero-order chi connectivity index (χ0) is 17.4. The van der Waals surface area contributed by atoms with Crippen molar-refractivity contribution in [2.75, 3.05) is 14.2 Å². The van der Waals surface area contributed by atoms with Gasteiger partial charge in [-0.3, -0.25) is 4.79 Å². The Kier molecular flexibility index (Phi) is 4.69. The van der Waals surface area contributed by atoms with Crippen molar-refractivity contribution in [3.8, 4) is 11.5 Å². The molecule has 1 aromatic heterocycles. The highest BCUT2D eigenvalue weighted by Crippen LogP contribution is 2.46. The van der Waals surface area contributed by atoms with Gasteiger partial charge in [-0.25, -0.2) is 17.6 Å². The Bertz CT molecular complexity index is 710. The third-order valence-electron chi connectivity index (χ3n) is 3.19. The predicted molar refractivity (Wildman–Crippen MR) is 75.6 cm³/mol. The average molecular weight is 352 g/mol. The molecule has 2 aromatic rings. The van der Waals surface area contributed by atoms with E-state index in [0.717, 1.165) is 20.3 Å². The summed E-state index contributed by atoms with van der Waals surface area (Å²) < 4.78 is 65.8. The van der Waals surface area contributed by atoms with E-state index in [-0.39, 0.29) is 10.1 Å². The van der Waals surface area contributed by atoms with Crippen molar-refractivity contribution in [2.24, 2.45) is 0 Å². The third-order valence-corrected chi connectivity index (χ3v) is 4.43. The summed E-state index contributed by atoms with van der Waals surface area (Å²) in [6.07, 6.45) is -1.73. The number of hydrogen-bond acceptors (Lipinski definition) is 4. The maximum absolute atomic E-state index is 14.3. The summed E-state index contributed by atoms with van der Waals surface area (Å²) >= 11 is 0.352. The van der Waals surface area contributed by atoms with E-state index in [1.54, 1.807) is 0 Å². The highest BCUT2D eigenvalue weighted by molar-refractivity contribution is 7.19. The van der Waals surface area contributed by atoms with Crippen LogP contribution in [0, 0.1) is 11.6 Å². The lowest BCUT2D eigenvalue weighted by Gasteiger charge is -2.12. The maximum atomic E-state index is 14.3. The largest absolute Gasteiger partial charge is 0.490 e. The Morgan fingerprint density at radius 2 is 1.78 bits per heavy atom. The SMILES string of the molecule is COc1c(OC)c(F)c2sc(C(F)(F)CCC(=O)O)cc2c1F. The van der Waals surface area contributed by atoms with Crippen LogP contribution in [0.25, 0.3) is 10.1 Å². The van der Waals surface area contributed by atoms with E-state index >= 15 is 0 Å². The molecular weight excluding hydrogens is 340 g/mol. The molecule has 126 valence electrons. The second-order valence-corrected chi connectivity index (χ2v) is 5.70. The van der Waals surface area contributed by atoms with E-state index in [2.05, 4.69) is 0 Å². The summed E-state index contributed by atoms with van der Waals surface area (Å²) in [5.41, 5.74) is 0. The van der Waals surface area contributed by atoms with Crippen molar-refractivity contribution < 1.29 is 36.9 Å². The Morgan fingerprint density at radius 1 is 1.22 bits per heavy atom. The van der Waals surface area contributed by atoms with Gasteiger partial charge in [0.2, 0.25) is 11.5 Å². The topological polar surface area (TPSA) is 55.8 Å².